The van der Waals surface area contributed by atoms with Crippen molar-refractivity contribution in [2.45, 2.75) is 25.1 Å². The van der Waals surface area contributed by atoms with Crippen LogP contribution in [0.3, 0.4) is 0 Å². The number of fused-ring (bicyclic) bond motifs is 3. The molecule has 12 heteroatoms. The number of aromatic nitrogens is 3. The van der Waals surface area contributed by atoms with Crippen LogP contribution in [-0.2, 0) is 0 Å². The van der Waals surface area contributed by atoms with E-state index >= 15 is 0 Å². The summed E-state index contributed by atoms with van der Waals surface area (Å²) in [6, 6.07) is 3.98. The molecule has 2 N–H and O–H groups in total. The van der Waals surface area contributed by atoms with Crippen molar-refractivity contribution in [1.82, 2.24) is 20.3 Å². The van der Waals surface area contributed by atoms with Gasteiger partial charge in [0.05, 0.1) is 11.2 Å². The Morgan fingerprint density at radius 3 is 2.81 bits per heavy atom. The quantitative estimate of drug-likeness (QED) is 0.567. The highest BCUT2D eigenvalue weighted by Gasteiger charge is 2.39. The molecule has 7 nitrogen and oxygen atoms in total. The fraction of sp³-hybridized carbons (Fsp3) is 0.316. The molecule has 0 amide bonds. The molecule has 0 unspecified atom stereocenters. The average molecular weight is 455 g/mol. The summed E-state index contributed by atoms with van der Waals surface area (Å²) in [5.41, 5.74) is 0.326. The fourth-order valence-electron chi connectivity index (χ4n) is 4.01. The molecule has 0 radical (unpaired) electrons. The van der Waals surface area contributed by atoms with Crippen molar-refractivity contribution in [3.63, 3.8) is 0 Å². The number of ether oxygens (including phenoxy) is 1. The van der Waals surface area contributed by atoms with Crippen molar-refractivity contribution in [2.75, 3.05) is 23.3 Å². The minimum atomic E-state index is -3.14. The van der Waals surface area contributed by atoms with Crippen LogP contribution in [0.5, 0.6) is 5.75 Å². The van der Waals surface area contributed by atoms with E-state index in [-0.39, 0.29) is 40.4 Å². The maximum absolute atomic E-state index is 14.8. The number of anilines is 3. The lowest BCUT2D eigenvalue weighted by Gasteiger charge is -2.28. The second kappa shape index (κ2) is 7.65. The van der Waals surface area contributed by atoms with Crippen molar-refractivity contribution in [1.29, 1.82) is 0 Å². The first-order chi connectivity index (χ1) is 14.9. The van der Waals surface area contributed by atoms with E-state index in [1.807, 2.05) is 4.90 Å². The van der Waals surface area contributed by atoms with Crippen LogP contribution in [0.2, 0.25) is 5.02 Å². The second-order valence-corrected chi connectivity index (χ2v) is 7.65. The Labute approximate surface area is 178 Å². The number of rotatable bonds is 5. The summed E-state index contributed by atoms with van der Waals surface area (Å²) in [6.07, 6.45) is 2.09. The van der Waals surface area contributed by atoms with Gasteiger partial charge in [-0.1, -0.05) is 11.6 Å². The third kappa shape index (κ3) is 3.57. The van der Waals surface area contributed by atoms with E-state index in [2.05, 4.69) is 30.3 Å². The van der Waals surface area contributed by atoms with E-state index in [9.17, 15) is 17.6 Å². The Kier molecular flexibility index (Phi) is 4.94. The van der Waals surface area contributed by atoms with Crippen molar-refractivity contribution in [2.24, 2.45) is 0 Å². The molecule has 2 fully saturated rings. The van der Waals surface area contributed by atoms with E-state index in [1.54, 1.807) is 0 Å². The van der Waals surface area contributed by atoms with Crippen LogP contribution in [0.4, 0.5) is 34.9 Å². The summed E-state index contributed by atoms with van der Waals surface area (Å²) in [7, 11) is 0. The summed E-state index contributed by atoms with van der Waals surface area (Å²) in [6.45, 7) is -1.77. The van der Waals surface area contributed by atoms with E-state index in [1.165, 1.54) is 18.5 Å². The van der Waals surface area contributed by atoms with Gasteiger partial charge in [0.15, 0.2) is 23.3 Å². The van der Waals surface area contributed by atoms with Crippen molar-refractivity contribution >= 4 is 40.0 Å². The molecule has 5 rings (SSSR count). The molecule has 4 heterocycles. The standard InChI is InChI=1S/C19H15ClF4N6O/c20-14-13(31-19(23)24)2-1-11(15(14)22)28-17-16-12(26-7-27-17)4-10(21)18(29-16)30-6-8-3-9(30)5-25-8/h1-2,4,7-9,19,25H,3,5-6H2,(H,26,27,28)/t8-,9-/m0/s1. The molecular formula is C19H15ClF4N6O. The van der Waals surface area contributed by atoms with Crippen LogP contribution >= 0.6 is 11.6 Å². The smallest absolute Gasteiger partial charge is 0.387 e. The molecular weight excluding hydrogens is 440 g/mol. The number of benzene rings is 1. The number of nitrogens with zero attached hydrogens (tertiary/aromatic N) is 4. The fourth-order valence-corrected chi connectivity index (χ4v) is 4.22. The number of piperazine rings is 1. The minimum absolute atomic E-state index is 0.117. The number of halogens is 5. The van der Waals surface area contributed by atoms with Gasteiger partial charge in [-0.05, 0) is 18.6 Å². The molecule has 162 valence electrons. The zero-order valence-corrected chi connectivity index (χ0v) is 16.5. The van der Waals surface area contributed by atoms with Gasteiger partial charge in [-0.3, -0.25) is 0 Å². The second-order valence-electron chi connectivity index (χ2n) is 7.27. The number of hydrogen-bond donors (Lipinski definition) is 2. The van der Waals surface area contributed by atoms with Crippen LogP contribution < -0.4 is 20.3 Å². The van der Waals surface area contributed by atoms with Gasteiger partial charge in [0.1, 0.15) is 22.6 Å². The first-order valence-electron chi connectivity index (χ1n) is 9.42. The van der Waals surface area contributed by atoms with Crippen LogP contribution in [0.1, 0.15) is 6.42 Å². The summed E-state index contributed by atoms with van der Waals surface area (Å²) < 4.78 is 58.4. The van der Waals surface area contributed by atoms with E-state index in [4.69, 9.17) is 11.6 Å². The van der Waals surface area contributed by atoms with Crippen molar-refractivity contribution in [3.05, 3.63) is 41.2 Å². The Balaban J connectivity index is 1.52. The van der Waals surface area contributed by atoms with Gasteiger partial charge >= 0.3 is 6.61 Å². The van der Waals surface area contributed by atoms with Gasteiger partial charge in [0.25, 0.3) is 0 Å². The molecule has 2 atom stereocenters. The molecule has 2 bridgehead atoms. The van der Waals surface area contributed by atoms with Gasteiger partial charge in [-0.2, -0.15) is 8.78 Å². The minimum Gasteiger partial charge on any atom is -0.433 e. The molecule has 0 saturated carbocycles. The third-order valence-corrected chi connectivity index (χ3v) is 5.74. The van der Waals surface area contributed by atoms with Crippen molar-refractivity contribution < 1.29 is 22.3 Å². The predicted molar refractivity (Wildman–Crippen MR) is 106 cm³/mol. The van der Waals surface area contributed by atoms with Gasteiger partial charge in [-0.25, -0.2) is 23.7 Å². The molecule has 2 aliphatic rings. The summed E-state index contributed by atoms with van der Waals surface area (Å²) >= 11 is 5.81. The molecule has 2 aliphatic heterocycles. The molecule has 1 aromatic carbocycles. The van der Waals surface area contributed by atoms with E-state index < -0.39 is 29.0 Å². The lowest BCUT2D eigenvalue weighted by molar-refractivity contribution is -0.0499. The Morgan fingerprint density at radius 1 is 1.26 bits per heavy atom. The molecule has 31 heavy (non-hydrogen) atoms. The van der Waals surface area contributed by atoms with Gasteiger partial charge in [0.2, 0.25) is 0 Å². The maximum Gasteiger partial charge on any atom is 0.387 e. The highest BCUT2D eigenvalue weighted by molar-refractivity contribution is 6.32. The monoisotopic (exact) mass is 454 g/mol. The maximum atomic E-state index is 14.8. The molecule has 0 aliphatic carbocycles. The molecule has 3 aromatic rings. The summed E-state index contributed by atoms with van der Waals surface area (Å²) in [5.74, 6) is -1.71. The van der Waals surface area contributed by atoms with E-state index in [0.717, 1.165) is 19.0 Å². The topological polar surface area (TPSA) is 75.2 Å². The van der Waals surface area contributed by atoms with Crippen LogP contribution in [0.15, 0.2) is 24.5 Å². The number of pyridine rings is 1. The summed E-state index contributed by atoms with van der Waals surface area (Å²) in [5, 5.41) is 5.47. The summed E-state index contributed by atoms with van der Waals surface area (Å²) in [4.78, 5) is 14.5. The van der Waals surface area contributed by atoms with Gasteiger partial charge in [-0.15, -0.1) is 0 Å². The van der Waals surface area contributed by atoms with Crippen LogP contribution in [-0.4, -0.2) is 46.7 Å². The van der Waals surface area contributed by atoms with Gasteiger partial charge < -0.3 is 20.3 Å². The number of hydrogen-bond acceptors (Lipinski definition) is 7. The average Bonchev–Trinajstić information content (AvgIpc) is 3.36. The number of alkyl halides is 2. The van der Waals surface area contributed by atoms with E-state index in [0.29, 0.717) is 6.54 Å². The molecule has 2 aromatic heterocycles. The first-order valence-corrected chi connectivity index (χ1v) is 9.79. The van der Waals surface area contributed by atoms with Crippen LogP contribution in [0, 0.1) is 11.6 Å². The Hall–Kier alpha value is -2.92. The third-order valence-electron chi connectivity index (χ3n) is 5.39. The predicted octanol–water partition coefficient (Wildman–Crippen LogP) is 3.85. The Morgan fingerprint density at radius 2 is 2.10 bits per heavy atom. The largest absolute Gasteiger partial charge is 0.433 e. The molecule has 2 saturated heterocycles. The highest BCUT2D eigenvalue weighted by Crippen LogP contribution is 2.36. The SMILES string of the molecule is Fc1cc2ncnc(Nc3ccc(OC(F)F)c(Cl)c3F)c2nc1N1C[C@@H]2C[C@H]1CN2. The molecule has 0 spiro atoms. The zero-order chi connectivity index (χ0) is 21.7. The van der Waals surface area contributed by atoms with Crippen LogP contribution in [0.25, 0.3) is 11.0 Å². The Bertz CT molecular complexity index is 1170. The van der Waals surface area contributed by atoms with Crippen molar-refractivity contribution in [3.8, 4) is 5.75 Å². The van der Waals surface area contributed by atoms with Gasteiger partial charge in [0, 0.05) is 31.2 Å². The lowest BCUT2D eigenvalue weighted by atomic mass is 10.2. The lowest BCUT2D eigenvalue weighted by Crippen LogP contribution is -2.44. The number of nitrogens with one attached hydrogen (secondary N) is 2. The first kappa shape index (κ1) is 20.0. The normalized spacial score (nSPS) is 20.1. The highest BCUT2D eigenvalue weighted by atomic mass is 35.5. The zero-order valence-electron chi connectivity index (χ0n) is 15.7.